The first-order valence-electron chi connectivity index (χ1n) is 5.42. The highest BCUT2D eigenvalue weighted by Gasteiger charge is 2.23. The van der Waals surface area contributed by atoms with Crippen molar-refractivity contribution >= 4 is 28.8 Å². The van der Waals surface area contributed by atoms with Gasteiger partial charge in [0.05, 0.1) is 12.3 Å². The number of hydrogen-bond donors (Lipinski definition) is 2. The molecule has 0 saturated carbocycles. The van der Waals surface area contributed by atoms with Gasteiger partial charge in [-0.3, -0.25) is 10.1 Å². The zero-order valence-electron chi connectivity index (χ0n) is 9.19. The van der Waals surface area contributed by atoms with Crippen LogP contribution in [-0.4, -0.2) is 30.1 Å². The number of nitrogens with zero attached hydrogens (tertiary/aromatic N) is 1. The van der Waals surface area contributed by atoms with Crippen LogP contribution in [-0.2, 0) is 9.53 Å². The molecular weight excluding hydrogens is 262 g/mol. The number of carbonyl (C=O) groups excluding carboxylic acids is 1. The second-order valence-corrected chi connectivity index (χ2v) is 5.57. The van der Waals surface area contributed by atoms with E-state index in [-0.39, 0.29) is 6.10 Å². The number of halogens is 1. The van der Waals surface area contributed by atoms with Crippen molar-refractivity contribution in [1.82, 2.24) is 10.3 Å². The standard InChI is InChI=1S/C10H14ClN3O2S/c11-7-5-14-10(17-7)8(9(12)15)13-4-6-2-1-3-16-6/h5-6,8,13H,1-4H2,(H2,12,15). The van der Waals surface area contributed by atoms with Crippen LogP contribution >= 0.6 is 22.9 Å². The molecule has 2 heterocycles. The second-order valence-electron chi connectivity index (χ2n) is 3.88. The van der Waals surface area contributed by atoms with Gasteiger partial charge in [-0.2, -0.15) is 0 Å². The normalized spacial score (nSPS) is 21.6. The Morgan fingerprint density at radius 1 is 1.82 bits per heavy atom. The third-order valence-electron chi connectivity index (χ3n) is 2.60. The van der Waals surface area contributed by atoms with Crippen LogP contribution in [0.3, 0.4) is 0 Å². The molecule has 1 saturated heterocycles. The average molecular weight is 276 g/mol. The Balaban J connectivity index is 1.95. The van der Waals surface area contributed by atoms with Crippen LogP contribution in [0.1, 0.15) is 23.9 Å². The maximum Gasteiger partial charge on any atom is 0.241 e. The van der Waals surface area contributed by atoms with E-state index < -0.39 is 11.9 Å². The van der Waals surface area contributed by atoms with E-state index in [9.17, 15) is 4.79 Å². The van der Waals surface area contributed by atoms with Crippen molar-refractivity contribution in [2.45, 2.75) is 25.0 Å². The molecule has 1 aliphatic heterocycles. The number of nitrogens with two attached hydrogens (primary N) is 1. The number of ether oxygens (including phenoxy) is 1. The van der Waals surface area contributed by atoms with Crippen molar-refractivity contribution < 1.29 is 9.53 Å². The van der Waals surface area contributed by atoms with Crippen molar-refractivity contribution in [3.8, 4) is 0 Å². The summed E-state index contributed by atoms with van der Waals surface area (Å²) in [7, 11) is 0. The van der Waals surface area contributed by atoms with Gasteiger partial charge in [-0.25, -0.2) is 4.98 Å². The molecule has 1 amide bonds. The fourth-order valence-corrected chi connectivity index (χ4v) is 2.78. The summed E-state index contributed by atoms with van der Waals surface area (Å²) < 4.78 is 6.01. The van der Waals surface area contributed by atoms with Gasteiger partial charge in [-0.1, -0.05) is 11.6 Å². The van der Waals surface area contributed by atoms with Crippen LogP contribution in [0, 0.1) is 0 Å². The first-order chi connectivity index (χ1) is 8.16. The molecule has 94 valence electrons. The van der Waals surface area contributed by atoms with Gasteiger partial charge in [0.15, 0.2) is 0 Å². The van der Waals surface area contributed by atoms with Crippen LogP contribution < -0.4 is 11.1 Å². The summed E-state index contributed by atoms with van der Waals surface area (Å²) in [6, 6.07) is -0.586. The number of amides is 1. The van der Waals surface area contributed by atoms with Crippen molar-refractivity contribution in [3.63, 3.8) is 0 Å². The quantitative estimate of drug-likeness (QED) is 0.843. The molecule has 0 aliphatic carbocycles. The van der Waals surface area contributed by atoms with Crippen LogP contribution in [0.15, 0.2) is 6.20 Å². The first-order valence-corrected chi connectivity index (χ1v) is 6.62. The van der Waals surface area contributed by atoms with Gasteiger partial charge in [0.2, 0.25) is 5.91 Å². The van der Waals surface area contributed by atoms with E-state index in [1.807, 2.05) is 0 Å². The molecule has 5 nitrogen and oxygen atoms in total. The number of rotatable bonds is 5. The largest absolute Gasteiger partial charge is 0.377 e. The lowest BCUT2D eigenvalue weighted by Crippen LogP contribution is -2.37. The molecule has 2 unspecified atom stereocenters. The molecule has 1 fully saturated rings. The van der Waals surface area contributed by atoms with Gasteiger partial charge in [-0.15, -0.1) is 11.3 Å². The SMILES string of the molecule is NC(=O)C(NCC1CCCO1)c1ncc(Cl)s1. The summed E-state index contributed by atoms with van der Waals surface area (Å²) in [5.41, 5.74) is 5.34. The number of nitrogens with one attached hydrogen (secondary N) is 1. The lowest BCUT2D eigenvalue weighted by molar-refractivity contribution is -0.120. The molecule has 17 heavy (non-hydrogen) atoms. The highest BCUT2D eigenvalue weighted by atomic mass is 35.5. The smallest absolute Gasteiger partial charge is 0.241 e. The van der Waals surface area contributed by atoms with Crippen LogP contribution in [0.5, 0.6) is 0 Å². The number of aromatic nitrogens is 1. The van der Waals surface area contributed by atoms with E-state index >= 15 is 0 Å². The highest BCUT2D eigenvalue weighted by Crippen LogP contribution is 2.24. The molecule has 3 N–H and O–H groups in total. The Kier molecular flexibility index (Phi) is 4.33. The minimum absolute atomic E-state index is 0.160. The maximum atomic E-state index is 11.4. The molecule has 0 bridgehead atoms. The maximum absolute atomic E-state index is 11.4. The summed E-state index contributed by atoms with van der Waals surface area (Å²) >= 11 is 7.04. The third kappa shape index (κ3) is 3.38. The average Bonchev–Trinajstić information content (AvgIpc) is 2.90. The fourth-order valence-electron chi connectivity index (χ4n) is 1.76. The number of carbonyl (C=O) groups is 1. The van der Waals surface area contributed by atoms with Crippen molar-refractivity contribution in [1.29, 1.82) is 0 Å². The van der Waals surface area contributed by atoms with E-state index in [4.69, 9.17) is 22.1 Å². The van der Waals surface area contributed by atoms with Gasteiger partial charge < -0.3 is 10.5 Å². The van der Waals surface area contributed by atoms with Crippen molar-refractivity contribution in [3.05, 3.63) is 15.5 Å². The summed E-state index contributed by atoms with van der Waals surface area (Å²) in [4.78, 5) is 15.4. The van der Waals surface area contributed by atoms with Crippen LogP contribution in [0.25, 0.3) is 0 Å². The number of thiazole rings is 1. The van der Waals surface area contributed by atoms with E-state index in [0.717, 1.165) is 19.4 Å². The fraction of sp³-hybridized carbons (Fsp3) is 0.600. The van der Waals surface area contributed by atoms with Crippen molar-refractivity contribution in [2.24, 2.45) is 5.73 Å². The number of hydrogen-bond acceptors (Lipinski definition) is 5. The summed E-state index contributed by atoms with van der Waals surface area (Å²) in [5, 5.41) is 3.68. The van der Waals surface area contributed by atoms with Crippen molar-refractivity contribution in [2.75, 3.05) is 13.2 Å². The molecule has 0 radical (unpaired) electrons. The molecule has 1 aromatic rings. The predicted molar refractivity (Wildman–Crippen MR) is 66.0 cm³/mol. The summed E-state index contributed by atoms with van der Waals surface area (Å²) in [5.74, 6) is -0.450. The zero-order valence-corrected chi connectivity index (χ0v) is 10.8. The van der Waals surface area contributed by atoms with Gasteiger partial charge >= 0.3 is 0 Å². The van der Waals surface area contributed by atoms with Gasteiger partial charge in [0, 0.05) is 13.2 Å². The Bertz CT molecular complexity index is 393. The predicted octanol–water partition coefficient (Wildman–Crippen LogP) is 1.09. The molecule has 1 aromatic heterocycles. The highest BCUT2D eigenvalue weighted by molar-refractivity contribution is 7.16. The van der Waals surface area contributed by atoms with E-state index in [1.165, 1.54) is 17.5 Å². The Labute approximate surface area is 108 Å². The van der Waals surface area contributed by atoms with E-state index in [0.29, 0.717) is 15.9 Å². The third-order valence-corrected chi connectivity index (χ3v) is 3.78. The molecule has 2 atom stereocenters. The zero-order chi connectivity index (χ0) is 12.3. The molecule has 7 heteroatoms. The number of primary amides is 1. The molecule has 0 aromatic carbocycles. The lowest BCUT2D eigenvalue weighted by atomic mass is 10.2. The molecular formula is C10H14ClN3O2S. The molecule has 2 rings (SSSR count). The Hall–Kier alpha value is -0.690. The minimum Gasteiger partial charge on any atom is -0.377 e. The van der Waals surface area contributed by atoms with E-state index in [1.54, 1.807) is 0 Å². The minimum atomic E-state index is -0.586. The summed E-state index contributed by atoms with van der Waals surface area (Å²) in [6.45, 7) is 1.39. The van der Waals surface area contributed by atoms with Crippen LogP contribution in [0.2, 0.25) is 4.34 Å². The lowest BCUT2D eigenvalue weighted by Gasteiger charge is -2.16. The Morgan fingerprint density at radius 3 is 3.18 bits per heavy atom. The van der Waals surface area contributed by atoms with Gasteiger partial charge in [0.25, 0.3) is 0 Å². The monoisotopic (exact) mass is 275 g/mol. The van der Waals surface area contributed by atoms with Gasteiger partial charge in [0.1, 0.15) is 15.4 Å². The first kappa shape index (κ1) is 12.8. The van der Waals surface area contributed by atoms with E-state index in [2.05, 4.69) is 10.3 Å². The topological polar surface area (TPSA) is 77.2 Å². The summed E-state index contributed by atoms with van der Waals surface area (Å²) in [6.07, 6.45) is 3.76. The molecule has 1 aliphatic rings. The van der Waals surface area contributed by atoms with Crippen LogP contribution in [0.4, 0.5) is 0 Å². The molecule has 0 spiro atoms. The second kappa shape index (κ2) is 5.77. The Morgan fingerprint density at radius 2 is 2.65 bits per heavy atom. The van der Waals surface area contributed by atoms with Gasteiger partial charge in [-0.05, 0) is 12.8 Å².